The van der Waals surface area contributed by atoms with E-state index in [1.54, 1.807) is 7.11 Å². The number of aromatic nitrogens is 2. The summed E-state index contributed by atoms with van der Waals surface area (Å²) in [6, 6.07) is 6.55. The fraction of sp³-hybridized carbons (Fsp3) is 0.500. The Kier molecular flexibility index (Phi) is 4.02. The van der Waals surface area contributed by atoms with E-state index < -0.39 is 0 Å². The van der Waals surface area contributed by atoms with E-state index in [0.717, 1.165) is 55.6 Å². The molecule has 2 aromatic rings. The van der Waals surface area contributed by atoms with Crippen molar-refractivity contribution >= 4 is 5.91 Å². The molecule has 1 aliphatic heterocycles. The Balaban J connectivity index is 1.55. The minimum Gasteiger partial charge on any atom is -0.496 e. The van der Waals surface area contributed by atoms with Gasteiger partial charge in [0, 0.05) is 25.5 Å². The summed E-state index contributed by atoms with van der Waals surface area (Å²) in [6.07, 6.45) is 9.68. The van der Waals surface area contributed by atoms with Crippen LogP contribution in [-0.2, 0) is 10.2 Å². The molecule has 25 heavy (non-hydrogen) atoms. The van der Waals surface area contributed by atoms with Gasteiger partial charge in [0.05, 0.1) is 24.9 Å². The van der Waals surface area contributed by atoms with E-state index >= 15 is 0 Å². The van der Waals surface area contributed by atoms with E-state index in [2.05, 4.69) is 32.7 Å². The topological polar surface area (TPSA) is 47.4 Å². The number of imidazole rings is 1. The zero-order chi connectivity index (χ0) is 17.4. The lowest BCUT2D eigenvalue weighted by molar-refractivity contribution is -0.135. The van der Waals surface area contributed by atoms with E-state index in [1.807, 2.05) is 25.6 Å². The summed E-state index contributed by atoms with van der Waals surface area (Å²) in [4.78, 5) is 19.6. The highest BCUT2D eigenvalue weighted by molar-refractivity contribution is 5.91. The maximum Gasteiger partial charge on any atom is 0.233 e. The van der Waals surface area contributed by atoms with Crippen molar-refractivity contribution < 1.29 is 9.53 Å². The summed E-state index contributed by atoms with van der Waals surface area (Å²) >= 11 is 0. The zero-order valence-corrected chi connectivity index (χ0v) is 14.9. The molecule has 1 aliphatic carbocycles. The molecule has 1 aromatic carbocycles. The lowest BCUT2D eigenvalue weighted by Gasteiger charge is -2.35. The number of benzene rings is 1. The molecule has 2 aliphatic rings. The van der Waals surface area contributed by atoms with Gasteiger partial charge in [-0.25, -0.2) is 4.98 Å². The first kappa shape index (κ1) is 16.2. The average Bonchev–Trinajstić information content (AvgIpc) is 3.27. The van der Waals surface area contributed by atoms with Crippen molar-refractivity contribution in [2.45, 2.75) is 44.1 Å². The van der Waals surface area contributed by atoms with Gasteiger partial charge in [-0.2, -0.15) is 0 Å². The zero-order valence-electron chi connectivity index (χ0n) is 14.9. The lowest BCUT2D eigenvalue weighted by Crippen LogP contribution is -2.45. The number of hydrogen-bond acceptors (Lipinski definition) is 3. The van der Waals surface area contributed by atoms with Crippen LogP contribution in [0.5, 0.6) is 5.75 Å². The number of carbonyl (C=O) groups excluding carboxylic acids is 1. The number of ether oxygens (including phenoxy) is 1. The van der Waals surface area contributed by atoms with Crippen LogP contribution in [0.3, 0.4) is 0 Å². The third-order valence-electron chi connectivity index (χ3n) is 5.75. The molecule has 1 amide bonds. The molecule has 2 fully saturated rings. The van der Waals surface area contributed by atoms with Crippen LogP contribution in [-0.4, -0.2) is 40.6 Å². The van der Waals surface area contributed by atoms with Crippen LogP contribution in [0.25, 0.3) is 0 Å². The van der Waals surface area contributed by atoms with E-state index in [4.69, 9.17) is 4.74 Å². The molecule has 0 N–H and O–H groups in total. The van der Waals surface area contributed by atoms with Crippen LogP contribution in [0.1, 0.15) is 42.9 Å². The van der Waals surface area contributed by atoms with Gasteiger partial charge in [-0.1, -0.05) is 12.1 Å². The van der Waals surface area contributed by atoms with Crippen molar-refractivity contribution in [3.05, 3.63) is 48.0 Å². The van der Waals surface area contributed by atoms with Gasteiger partial charge in [0.1, 0.15) is 5.75 Å². The number of piperidine rings is 1. The van der Waals surface area contributed by atoms with E-state index in [-0.39, 0.29) is 11.3 Å². The number of nitrogens with zero attached hydrogens (tertiary/aromatic N) is 3. The minimum atomic E-state index is -0.336. The van der Waals surface area contributed by atoms with Gasteiger partial charge < -0.3 is 14.2 Å². The van der Waals surface area contributed by atoms with Gasteiger partial charge in [-0.3, -0.25) is 4.79 Å². The third-order valence-corrected chi connectivity index (χ3v) is 5.75. The summed E-state index contributed by atoms with van der Waals surface area (Å²) < 4.78 is 7.60. The fourth-order valence-electron chi connectivity index (χ4n) is 4.04. The van der Waals surface area contributed by atoms with Crippen LogP contribution in [0.4, 0.5) is 0 Å². The average molecular weight is 339 g/mol. The first-order chi connectivity index (χ1) is 12.1. The van der Waals surface area contributed by atoms with Crippen molar-refractivity contribution in [2.24, 2.45) is 0 Å². The molecule has 1 saturated carbocycles. The number of hydrogen-bond donors (Lipinski definition) is 0. The van der Waals surface area contributed by atoms with Gasteiger partial charge in [0.25, 0.3) is 0 Å². The molecule has 5 heteroatoms. The Morgan fingerprint density at radius 2 is 2.20 bits per heavy atom. The van der Waals surface area contributed by atoms with Crippen LogP contribution in [0.2, 0.25) is 0 Å². The Hall–Kier alpha value is -2.30. The molecule has 4 rings (SSSR count). The first-order valence-corrected chi connectivity index (χ1v) is 9.06. The number of carbonyl (C=O) groups is 1. The smallest absolute Gasteiger partial charge is 0.233 e. The molecular weight excluding hydrogens is 314 g/mol. The molecule has 0 unspecified atom stereocenters. The molecule has 2 heterocycles. The van der Waals surface area contributed by atoms with Crippen LogP contribution < -0.4 is 4.74 Å². The van der Waals surface area contributed by atoms with Gasteiger partial charge in [0.15, 0.2) is 0 Å². The summed E-state index contributed by atoms with van der Waals surface area (Å²) in [5.74, 6) is 1.15. The Labute approximate surface area is 148 Å². The van der Waals surface area contributed by atoms with Crippen molar-refractivity contribution in [2.75, 3.05) is 20.2 Å². The van der Waals surface area contributed by atoms with Gasteiger partial charge in [-0.15, -0.1) is 0 Å². The number of rotatable bonds is 4. The van der Waals surface area contributed by atoms with Crippen molar-refractivity contribution in [1.82, 2.24) is 14.5 Å². The normalized spacial score (nSPS) is 21.8. The molecule has 0 bridgehead atoms. The largest absolute Gasteiger partial charge is 0.496 e. The van der Waals surface area contributed by atoms with Crippen LogP contribution in [0, 0.1) is 6.92 Å². The molecule has 1 aromatic heterocycles. The molecule has 132 valence electrons. The van der Waals surface area contributed by atoms with Crippen molar-refractivity contribution in [1.29, 1.82) is 0 Å². The quantitative estimate of drug-likeness (QED) is 0.860. The van der Waals surface area contributed by atoms with Gasteiger partial charge in [-0.05, 0) is 49.8 Å². The number of amides is 1. The monoisotopic (exact) mass is 339 g/mol. The summed E-state index contributed by atoms with van der Waals surface area (Å²) in [5, 5.41) is 0. The van der Waals surface area contributed by atoms with E-state index in [9.17, 15) is 4.79 Å². The number of aryl methyl sites for hydroxylation is 1. The second-order valence-electron chi connectivity index (χ2n) is 7.32. The molecular formula is C20H25N3O2. The molecule has 0 spiro atoms. The number of likely N-dealkylation sites (tertiary alicyclic amines) is 1. The lowest BCUT2D eigenvalue weighted by atomic mass is 9.91. The second kappa shape index (κ2) is 6.21. The second-order valence-corrected chi connectivity index (χ2v) is 7.32. The summed E-state index contributed by atoms with van der Waals surface area (Å²) in [6.45, 7) is 3.67. The first-order valence-electron chi connectivity index (χ1n) is 9.06. The van der Waals surface area contributed by atoms with E-state index in [0.29, 0.717) is 6.04 Å². The third kappa shape index (κ3) is 2.81. The maximum atomic E-state index is 13.3. The van der Waals surface area contributed by atoms with Gasteiger partial charge in [0.2, 0.25) is 5.91 Å². The predicted octanol–water partition coefficient (Wildman–Crippen LogP) is 3.10. The highest BCUT2D eigenvalue weighted by atomic mass is 16.5. The van der Waals surface area contributed by atoms with Crippen molar-refractivity contribution in [3.8, 4) is 5.75 Å². The van der Waals surface area contributed by atoms with Crippen molar-refractivity contribution in [3.63, 3.8) is 0 Å². The number of methoxy groups -OCH3 is 1. The Morgan fingerprint density at radius 3 is 2.88 bits per heavy atom. The molecule has 5 nitrogen and oxygen atoms in total. The van der Waals surface area contributed by atoms with Crippen LogP contribution >= 0.6 is 0 Å². The van der Waals surface area contributed by atoms with E-state index in [1.165, 1.54) is 0 Å². The van der Waals surface area contributed by atoms with Crippen LogP contribution in [0.15, 0.2) is 36.9 Å². The fourth-order valence-corrected chi connectivity index (χ4v) is 4.04. The SMILES string of the molecule is COc1cc(C2(C(=O)N3CCC[C@@H](n4ccnc4)C3)CC2)ccc1C. The maximum absolute atomic E-state index is 13.3. The highest BCUT2D eigenvalue weighted by Gasteiger charge is 2.53. The molecule has 0 radical (unpaired) electrons. The summed E-state index contributed by atoms with van der Waals surface area (Å²) in [5.41, 5.74) is 1.87. The minimum absolute atomic E-state index is 0.281. The Bertz CT molecular complexity index is 765. The Morgan fingerprint density at radius 1 is 1.36 bits per heavy atom. The molecule has 1 saturated heterocycles. The highest BCUT2D eigenvalue weighted by Crippen LogP contribution is 2.51. The van der Waals surface area contributed by atoms with Gasteiger partial charge >= 0.3 is 0 Å². The summed E-state index contributed by atoms with van der Waals surface area (Å²) in [7, 11) is 1.69. The standard InChI is InChI=1S/C20H25N3O2/c1-15-5-6-16(12-18(15)25-2)20(7-8-20)19(24)22-10-3-4-17(13-22)23-11-9-21-14-23/h5-6,9,11-12,14,17H,3-4,7-8,10,13H2,1-2H3/t17-/m1/s1. The predicted molar refractivity (Wildman–Crippen MR) is 95.7 cm³/mol. The molecule has 1 atom stereocenters.